The Morgan fingerprint density at radius 3 is 2.96 bits per heavy atom. The van der Waals surface area contributed by atoms with E-state index < -0.39 is 6.04 Å². The normalized spacial score (nSPS) is 20.4. The molecule has 1 unspecified atom stereocenters. The fraction of sp³-hybridized carbons (Fsp3) is 0.438. The summed E-state index contributed by atoms with van der Waals surface area (Å²) in [4.78, 5) is 36.6. The zero-order valence-electron chi connectivity index (χ0n) is 12.9. The lowest BCUT2D eigenvalue weighted by atomic mass is 10.1. The van der Waals surface area contributed by atoms with Crippen LogP contribution in [0.25, 0.3) is 0 Å². The van der Waals surface area contributed by atoms with Crippen LogP contribution in [-0.4, -0.2) is 37.4 Å². The summed E-state index contributed by atoms with van der Waals surface area (Å²) < 4.78 is 5.57. The number of nitrogens with one attached hydrogen (secondary N) is 2. The van der Waals surface area contributed by atoms with Gasteiger partial charge in [0.1, 0.15) is 11.8 Å². The van der Waals surface area contributed by atoms with E-state index in [4.69, 9.17) is 4.74 Å². The Labute approximate surface area is 134 Å². The second-order valence-electron chi connectivity index (χ2n) is 5.73. The van der Waals surface area contributed by atoms with E-state index in [1.165, 1.54) is 0 Å². The molecular weight excluding hydrogens is 298 g/mol. The lowest BCUT2D eigenvalue weighted by Crippen LogP contribution is -2.41. The summed E-state index contributed by atoms with van der Waals surface area (Å²) in [5, 5.41) is 5.45. The molecule has 1 aromatic rings. The van der Waals surface area contributed by atoms with Gasteiger partial charge >= 0.3 is 0 Å². The summed E-state index contributed by atoms with van der Waals surface area (Å²) >= 11 is 0. The summed E-state index contributed by atoms with van der Waals surface area (Å²) in [6.45, 7) is 0.703. The van der Waals surface area contributed by atoms with Crippen molar-refractivity contribution >= 4 is 23.4 Å². The second kappa shape index (κ2) is 6.28. The van der Waals surface area contributed by atoms with Gasteiger partial charge in [-0.3, -0.25) is 14.4 Å². The highest BCUT2D eigenvalue weighted by Gasteiger charge is 2.27. The van der Waals surface area contributed by atoms with Crippen molar-refractivity contribution in [3.8, 4) is 5.75 Å². The van der Waals surface area contributed by atoms with E-state index in [1.807, 2.05) is 18.2 Å². The maximum absolute atomic E-state index is 12.0. The predicted molar refractivity (Wildman–Crippen MR) is 83.0 cm³/mol. The summed E-state index contributed by atoms with van der Waals surface area (Å²) in [7, 11) is 1.71. The fourth-order valence-corrected chi connectivity index (χ4v) is 2.73. The van der Waals surface area contributed by atoms with Gasteiger partial charge in [-0.05, 0) is 24.1 Å². The van der Waals surface area contributed by atoms with Crippen molar-refractivity contribution in [3.63, 3.8) is 0 Å². The molecular formula is C16H19N3O4. The highest BCUT2D eigenvalue weighted by Crippen LogP contribution is 2.31. The third-order valence-corrected chi connectivity index (χ3v) is 4.11. The molecule has 2 aliphatic rings. The first kappa shape index (κ1) is 15.3. The van der Waals surface area contributed by atoms with Gasteiger partial charge in [-0.2, -0.15) is 0 Å². The highest BCUT2D eigenvalue weighted by atomic mass is 16.5. The fourth-order valence-electron chi connectivity index (χ4n) is 2.73. The maximum Gasteiger partial charge on any atom is 0.242 e. The van der Waals surface area contributed by atoms with Crippen LogP contribution in [0.5, 0.6) is 5.75 Å². The number of amides is 3. The number of carbonyl (C=O) groups excluding carboxylic acids is 3. The molecule has 0 saturated carbocycles. The van der Waals surface area contributed by atoms with E-state index in [0.29, 0.717) is 43.9 Å². The van der Waals surface area contributed by atoms with Gasteiger partial charge in [-0.15, -0.1) is 0 Å². The smallest absolute Gasteiger partial charge is 0.242 e. The van der Waals surface area contributed by atoms with Crippen molar-refractivity contribution in [2.75, 3.05) is 18.6 Å². The van der Waals surface area contributed by atoms with E-state index >= 15 is 0 Å². The molecule has 122 valence electrons. The summed E-state index contributed by atoms with van der Waals surface area (Å²) in [5.74, 6) is 0.383. The number of carbonyl (C=O) groups is 3. The molecule has 1 fully saturated rings. The van der Waals surface area contributed by atoms with Crippen molar-refractivity contribution < 1.29 is 19.1 Å². The van der Waals surface area contributed by atoms with Crippen molar-refractivity contribution in [1.82, 2.24) is 10.6 Å². The van der Waals surface area contributed by atoms with E-state index in [0.717, 1.165) is 5.56 Å². The van der Waals surface area contributed by atoms with Crippen molar-refractivity contribution in [2.24, 2.45) is 0 Å². The molecule has 3 amide bonds. The van der Waals surface area contributed by atoms with E-state index in [9.17, 15) is 14.4 Å². The lowest BCUT2D eigenvalue weighted by Gasteiger charge is -2.18. The molecule has 0 spiro atoms. The molecule has 2 N–H and O–H groups in total. The number of fused-ring (bicyclic) bond motifs is 1. The third-order valence-electron chi connectivity index (χ3n) is 4.11. The summed E-state index contributed by atoms with van der Waals surface area (Å²) in [6.07, 6.45) is 1.26. The molecule has 2 aliphatic heterocycles. The topological polar surface area (TPSA) is 87.7 Å². The van der Waals surface area contributed by atoms with Gasteiger partial charge in [-0.1, -0.05) is 6.07 Å². The van der Waals surface area contributed by atoms with Crippen LogP contribution in [0.2, 0.25) is 0 Å². The number of ether oxygens (including phenoxy) is 1. The van der Waals surface area contributed by atoms with Crippen LogP contribution in [0, 0.1) is 0 Å². The lowest BCUT2D eigenvalue weighted by molar-refractivity contribution is -0.125. The number of hydrogen-bond acceptors (Lipinski definition) is 4. The first-order valence-electron chi connectivity index (χ1n) is 7.64. The minimum absolute atomic E-state index is 0.00129. The Bertz CT molecular complexity index is 659. The van der Waals surface area contributed by atoms with Gasteiger partial charge in [0.25, 0.3) is 0 Å². The van der Waals surface area contributed by atoms with Gasteiger partial charge in [-0.25, -0.2) is 0 Å². The van der Waals surface area contributed by atoms with Crippen molar-refractivity contribution in [2.45, 2.75) is 31.8 Å². The van der Waals surface area contributed by atoms with Crippen LogP contribution in [0.3, 0.4) is 0 Å². The van der Waals surface area contributed by atoms with Gasteiger partial charge in [0.05, 0.1) is 18.7 Å². The molecule has 7 heteroatoms. The molecule has 7 nitrogen and oxygen atoms in total. The maximum atomic E-state index is 12.0. The third kappa shape index (κ3) is 3.28. The zero-order chi connectivity index (χ0) is 16.4. The van der Waals surface area contributed by atoms with Crippen molar-refractivity contribution in [1.29, 1.82) is 0 Å². The number of benzene rings is 1. The molecule has 0 radical (unpaired) electrons. The van der Waals surface area contributed by atoms with Crippen LogP contribution in [0.4, 0.5) is 5.69 Å². The molecule has 1 saturated heterocycles. The van der Waals surface area contributed by atoms with Crippen LogP contribution in [0.15, 0.2) is 18.2 Å². The summed E-state index contributed by atoms with van der Waals surface area (Å²) in [6, 6.07) is 5.06. The molecule has 1 atom stereocenters. The predicted octanol–water partition coefficient (Wildman–Crippen LogP) is 0.327. The zero-order valence-corrected chi connectivity index (χ0v) is 12.9. The molecule has 0 bridgehead atoms. The van der Waals surface area contributed by atoms with Gasteiger partial charge in [0.15, 0.2) is 0 Å². The van der Waals surface area contributed by atoms with E-state index in [1.54, 1.807) is 11.9 Å². The molecule has 1 aromatic carbocycles. The van der Waals surface area contributed by atoms with Crippen LogP contribution < -0.4 is 20.3 Å². The molecule has 2 heterocycles. The van der Waals surface area contributed by atoms with E-state index in [-0.39, 0.29) is 17.7 Å². The monoisotopic (exact) mass is 317 g/mol. The van der Waals surface area contributed by atoms with Crippen LogP contribution in [0.1, 0.15) is 24.8 Å². The Hall–Kier alpha value is -2.57. The molecule has 0 aliphatic carbocycles. The van der Waals surface area contributed by atoms with Crippen LogP contribution >= 0.6 is 0 Å². The minimum Gasteiger partial charge on any atom is -0.491 e. The molecule has 0 aromatic heterocycles. The Morgan fingerprint density at radius 1 is 1.39 bits per heavy atom. The van der Waals surface area contributed by atoms with Gasteiger partial charge in [0.2, 0.25) is 17.7 Å². The summed E-state index contributed by atoms with van der Waals surface area (Å²) in [5.41, 5.74) is 1.57. The largest absolute Gasteiger partial charge is 0.491 e. The Morgan fingerprint density at radius 2 is 2.22 bits per heavy atom. The van der Waals surface area contributed by atoms with Crippen molar-refractivity contribution in [3.05, 3.63) is 23.8 Å². The number of rotatable bonds is 3. The first-order valence-corrected chi connectivity index (χ1v) is 7.64. The van der Waals surface area contributed by atoms with Gasteiger partial charge < -0.3 is 20.3 Å². The molecule has 3 rings (SSSR count). The number of nitrogens with zero attached hydrogens (tertiary/aromatic N) is 1. The Kier molecular flexibility index (Phi) is 4.18. The van der Waals surface area contributed by atoms with E-state index in [2.05, 4.69) is 10.6 Å². The Balaban J connectivity index is 1.67. The minimum atomic E-state index is -0.448. The standard InChI is InChI=1S/C16H19N3O4/c1-19-12-8-10(2-4-13(12)23-7-6-15(19)21)9-17-16(22)11-3-5-14(20)18-11/h2,4,8,11H,3,5-7,9H2,1H3,(H,17,22)(H,18,20). The number of anilines is 1. The molecule has 23 heavy (non-hydrogen) atoms. The first-order chi connectivity index (χ1) is 11.0. The average Bonchev–Trinajstić information content (AvgIpc) is 2.93. The SMILES string of the molecule is CN1C(=O)CCOc2ccc(CNC(=O)C3CCC(=O)N3)cc21. The van der Waals surface area contributed by atoms with Gasteiger partial charge in [0, 0.05) is 20.0 Å². The highest BCUT2D eigenvalue weighted by molar-refractivity contribution is 5.95. The average molecular weight is 317 g/mol. The quantitative estimate of drug-likeness (QED) is 0.841. The van der Waals surface area contributed by atoms with Crippen LogP contribution in [-0.2, 0) is 20.9 Å². The second-order valence-corrected chi connectivity index (χ2v) is 5.73. The number of hydrogen-bond donors (Lipinski definition) is 2.